The van der Waals surface area contributed by atoms with Crippen molar-refractivity contribution in [3.63, 3.8) is 0 Å². The molecular weight excluding hydrogens is 428 g/mol. The van der Waals surface area contributed by atoms with Crippen LogP contribution in [0.2, 0.25) is 0 Å². The van der Waals surface area contributed by atoms with Crippen molar-refractivity contribution in [2.45, 2.75) is 167 Å². The van der Waals surface area contributed by atoms with Gasteiger partial charge in [-0.05, 0) is 101 Å². The van der Waals surface area contributed by atoms with Crippen LogP contribution in [0.5, 0.6) is 0 Å². The molecule has 0 aliphatic rings. The predicted octanol–water partition coefficient (Wildman–Crippen LogP) is 10.8. The Labute approximate surface area is 224 Å². The predicted molar refractivity (Wildman–Crippen MR) is 159 cm³/mol. The van der Waals surface area contributed by atoms with Crippen LogP contribution in [0.1, 0.15) is 150 Å². The van der Waals surface area contributed by atoms with Crippen molar-refractivity contribution in [2.24, 2.45) is 40.9 Å². The van der Waals surface area contributed by atoms with Gasteiger partial charge in [0.2, 0.25) is 0 Å². The molecule has 1 atom stereocenters. The van der Waals surface area contributed by atoms with Gasteiger partial charge in [0.25, 0.3) is 0 Å². The minimum atomic E-state index is 0.000856. The van der Waals surface area contributed by atoms with Crippen molar-refractivity contribution < 1.29 is 9.47 Å². The van der Waals surface area contributed by atoms with E-state index in [0.717, 1.165) is 38.2 Å². The molecule has 0 N–H and O–H groups in total. The Kier molecular flexibility index (Phi) is 17.7. The van der Waals surface area contributed by atoms with Crippen LogP contribution in [0.4, 0.5) is 0 Å². The lowest BCUT2D eigenvalue weighted by Crippen LogP contribution is -2.44. The lowest BCUT2D eigenvalue weighted by Gasteiger charge is -2.44. The Hall–Kier alpha value is -0.0800. The summed E-state index contributed by atoms with van der Waals surface area (Å²) in [5, 5.41) is 0. The fourth-order valence-corrected chi connectivity index (χ4v) is 6.13. The van der Waals surface area contributed by atoms with Crippen LogP contribution < -0.4 is 0 Å². The first-order chi connectivity index (χ1) is 15.6. The third-order valence-corrected chi connectivity index (χ3v) is 6.87. The van der Waals surface area contributed by atoms with Crippen molar-refractivity contribution in [1.82, 2.24) is 0 Å². The summed E-state index contributed by atoms with van der Waals surface area (Å²) in [5.41, 5.74) is 0.333. The zero-order valence-electron chi connectivity index (χ0n) is 27.6. The number of hydrogen-bond donors (Lipinski definition) is 0. The lowest BCUT2D eigenvalue weighted by molar-refractivity contribution is -0.170. The molecule has 0 fully saturated rings. The molecule has 1 unspecified atom stereocenters. The van der Waals surface area contributed by atoms with Gasteiger partial charge in [0.05, 0.1) is 23.9 Å². The minimum absolute atomic E-state index is 0.000856. The van der Waals surface area contributed by atoms with E-state index in [2.05, 4.69) is 118 Å². The molecule has 0 radical (unpaired) electrons. The van der Waals surface area contributed by atoms with Crippen LogP contribution in [0, 0.1) is 40.9 Å². The van der Waals surface area contributed by atoms with E-state index >= 15 is 0 Å². The summed E-state index contributed by atoms with van der Waals surface area (Å²) in [6, 6.07) is 0. The molecule has 0 heterocycles. The maximum absolute atomic E-state index is 6.87. The highest BCUT2D eigenvalue weighted by atomic mass is 16.5. The molecule has 0 amide bonds. The molecular formula is C33H70O2. The van der Waals surface area contributed by atoms with Gasteiger partial charge in [0, 0.05) is 0 Å². The average Bonchev–Trinajstić information content (AvgIpc) is 2.55. The van der Waals surface area contributed by atoms with Gasteiger partial charge in [-0.2, -0.15) is 0 Å². The van der Waals surface area contributed by atoms with Crippen molar-refractivity contribution in [1.29, 1.82) is 0 Å². The summed E-state index contributed by atoms with van der Waals surface area (Å²) in [7, 11) is 0. The lowest BCUT2D eigenvalue weighted by atomic mass is 9.74. The van der Waals surface area contributed by atoms with E-state index in [1.807, 2.05) is 0 Å². The van der Waals surface area contributed by atoms with Crippen LogP contribution in [0.25, 0.3) is 0 Å². The van der Waals surface area contributed by atoms with E-state index in [9.17, 15) is 0 Å². The molecule has 2 nitrogen and oxygen atoms in total. The summed E-state index contributed by atoms with van der Waals surface area (Å²) in [5.74, 6) is 4.14. The van der Waals surface area contributed by atoms with Gasteiger partial charge in [-0.3, -0.25) is 0 Å². The number of rotatable bonds is 16. The highest BCUT2D eigenvalue weighted by Crippen LogP contribution is 2.38. The summed E-state index contributed by atoms with van der Waals surface area (Å²) in [6.45, 7) is 39.8. The first-order valence-corrected chi connectivity index (χ1v) is 15.0. The van der Waals surface area contributed by atoms with Gasteiger partial charge >= 0.3 is 0 Å². The molecule has 0 aromatic rings. The van der Waals surface area contributed by atoms with E-state index in [1.54, 1.807) is 0 Å². The van der Waals surface area contributed by atoms with E-state index in [1.165, 1.54) is 6.42 Å². The summed E-state index contributed by atoms with van der Waals surface area (Å²) in [4.78, 5) is 0. The standard InChI is InChI=1S/C20H42O.C13H28O/c1-15(2)11-19(9,12-16(3)4)21-20(10,13-17(5)6)14-18(7)8;1-10(2)8-13(7,11(3)4)9-14-12(5)6/h15-18H,11-14H2,1-10H3;10-12H,8-9H2,1-7H3. The molecule has 0 saturated heterocycles. The first-order valence-electron chi connectivity index (χ1n) is 15.0. The van der Waals surface area contributed by atoms with E-state index in [4.69, 9.17) is 9.47 Å². The maximum atomic E-state index is 6.87. The second-order valence-electron chi connectivity index (χ2n) is 15.2. The average molecular weight is 499 g/mol. The topological polar surface area (TPSA) is 18.5 Å². The van der Waals surface area contributed by atoms with Crippen molar-refractivity contribution in [2.75, 3.05) is 6.61 Å². The number of hydrogen-bond acceptors (Lipinski definition) is 2. The van der Waals surface area contributed by atoms with Crippen molar-refractivity contribution in [3.05, 3.63) is 0 Å². The molecule has 0 aliphatic heterocycles. The van der Waals surface area contributed by atoms with Crippen LogP contribution in [-0.4, -0.2) is 23.9 Å². The van der Waals surface area contributed by atoms with E-state index in [-0.39, 0.29) is 11.2 Å². The van der Waals surface area contributed by atoms with Crippen molar-refractivity contribution in [3.8, 4) is 0 Å². The SMILES string of the molecule is CC(C)CC(C)(CC(C)C)OC(C)(CC(C)C)CC(C)C.CC(C)CC(C)(COC(C)C)C(C)C. The third kappa shape index (κ3) is 18.8. The molecule has 2 heteroatoms. The summed E-state index contributed by atoms with van der Waals surface area (Å²) >= 11 is 0. The minimum Gasteiger partial charge on any atom is -0.378 e. The van der Waals surface area contributed by atoms with E-state index in [0.29, 0.717) is 41.1 Å². The summed E-state index contributed by atoms with van der Waals surface area (Å²) in [6.07, 6.45) is 6.19. The molecule has 0 aromatic heterocycles. The van der Waals surface area contributed by atoms with Crippen LogP contribution >= 0.6 is 0 Å². The molecule has 0 spiro atoms. The zero-order valence-corrected chi connectivity index (χ0v) is 27.6. The Morgan fingerprint density at radius 1 is 0.457 bits per heavy atom. The summed E-state index contributed by atoms with van der Waals surface area (Å²) < 4.78 is 12.6. The molecule has 0 rings (SSSR count). The molecule has 214 valence electrons. The normalized spacial score (nSPS) is 15.1. The Morgan fingerprint density at radius 2 is 0.743 bits per heavy atom. The zero-order chi connectivity index (χ0) is 28.2. The van der Waals surface area contributed by atoms with Crippen LogP contribution in [-0.2, 0) is 9.47 Å². The van der Waals surface area contributed by atoms with Gasteiger partial charge in [0.15, 0.2) is 0 Å². The highest BCUT2D eigenvalue weighted by molar-refractivity contribution is 4.87. The van der Waals surface area contributed by atoms with Crippen LogP contribution in [0.15, 0.2) is 0 Å². The number of ether oxygens (including phenoxy) is 2. The molecule has 0 aliphatic carbocycles. The fraction of sp³-hybridized carbons (Fsp3) is 1.00. The van der Waals surface area contributed by atoms with E-state index < -0.39 is 0 Å². The molecule has 0 bridgehead atoms. The first kappa shape index (κ1) is 37.1. The van der Waals surface area contributed by atoms with Crippen molar-refractivity contribution >= 4 is 0 Å². The largest absolute Gasteiger partial charge is 0.378 e. The Morgan fingerprint density at radius 3 is 0.943 bits per heavy atom. The van der Waals surface area contributed by atoms with Crippen LogP contribution in [0.3, 0.4) is 0 Å². The van der Waals surface area contributed by atoms with Gasteiger partial charge in [-0.1, -0.05) is 90.0 Å². The monoisotopic (exact) mass is 499 g/mol. The Bertz CT molecular complexity index is 467. The molecule has 35 heavy (non-hydrogen) atoms. The Balaban J connectivity index is 0. The third-order valence-electron chi connectivity index (χ3n) is 6.87. The molecule has 0 saturated carbocycles. The smallest absolute Gasteiger partial charge is 0.0666 e. The second kappa shape index (κ2) is 16.7. The van der Waals surface area contributed by atoms with Gasteiger partial charge < -0.3 is 9.47 Å². The highest BCUT2D eigenvalue weighted by Gasteiger charge is 2.37. The fourth-order valence-electron chi connectivity index (χ4n) is 6.13. The van der Waals surface area contributed by atoms with Gasteiger partial charge in [0.1, 0.15) is 0 Å². The quantitative estimate of drug-likeness (QED) is 0.211. The van der Waals surface area contributed by atoms with Gasteiger partial charge in [-0.25, -0.2) is 0 Å². The van der Waals surface area contributed by atoms with Gasteiger partial charge in [-0.15, -0.1) is 0 Å². The molecule has 0 aromatic carbocycles. The second-order valence-corrected chi connectivity index (χ2v) is 15.2. The maximum Gasteiger partial charge on any atom is 0.0666 e.